The predicted octanol–water partition coefficient (Wildman–Crippen LogP) is 2.78. The fourth-order valence-electron chi connectivity index (χ4n) is 2.96. The fourth-order valence-corrected chi connectivity index (χ4v) is 2.96. The Bertz CT molecular complexity index is 745. The highest BCUT2D eigenvalue weighted by molar-refractivity contribution is 5.95. The van der Waals surface area contributed by atoms with Gasteiger partial charge in [0.15, 0.2) is 5.82 Å². The maximum atomic E-state index is 12.5. The lowest BCUT2D eigenvalue weighted by Crippen LogP contribution is -2.41. The zero-order valence-corrected chi connectivity index (χ0v) is 13.9. The Hall–Kier alpha value is -2.63. The number of piperidine rings is 1. The molecular formula is C18H21N3O3. The molecular weight excluding hydrogens is 306 g/mol. The van der Waals surface area contributed by atoms with Gasteiger partial charge in [0, 0.05) is 30.6 Å². The molecule has 0 saturated carbocycles. The third-order valence-electron chi connectivity index (χ3n) is 4.30. The van der Waals surface area contributed by atoms with Crippen LogP contribution in [-0.4, -0.2) is 35.0 Å². The van der Waals surface area contributed by atoms with Crippen LogP contribution in [0.4, 0.5) is 5.82 Å². The highest BCUT2D eigenvalue weighted by atomic mass is 16.5. The molecule has 2 heterocycles. The van der Waals surface area contributed by atoms with Crippen molar-refractivity contribution in [3.8, 4) is 0 Å². The molecule has 1 aromatic heterocycles. The molecule has 0 unspecified atom stereocenters. The third-order valence-corrected chi connectivity index (χ3v) is 4.30. The Kier molecular flexibility index (Phi) is 4.64. The average Bonchev–Trinajstić information content (AvgIpc) is 2.99. The Morgan fingerprint density at radius 2 is 1.96 bits per heavy atom. The molecule has 2 amide bonds. The molecule has 1 aromatic carbocycles. The normalized spacial score (nSPS) is 15.3. The minimum absolute atomic E-state index is 0.0321. The molecule has 0 aliphatic carbocycles. The van der Waals surface area contributed by atoms with Crippen molar-refractivity contribution in [2.24, 2.45) is 5.92 Å². The molecule has 3 rings (SSSR count). The molecule has 0 atom stereocenters. The molecule has 1 aliphatic rings. The molecule has 0 radical (unpaired) electrons. The van der Waals surface area contributed by atoms with Crippen LogP contribution < -0.4 is 5.32 Å². The molecule has 1 fully saturated rings. The van der Waals surface area contributed by atoms with E-state index in [9.17, 15) is 9.59 Å². The van der Waals surface area contributed by atoms with Gasteiger partial charge in [-0.25, -0.2) is 0 Å². The summed E-state index contributed by atoms with van der Waals surface area (Å²) < 4.78 is 4.94. The largest absolute Gasteiger partial charge is 0.360 e. The molecule has 6 nitrogen and oxygen atoms in total. The Labute approximate surface area is 140 Å². The molecule has 0 bridgehead atoms. The smallest absolute Gasteiger partial charge is 0.253 e. The summed E-state index contributed by atoms with van der Waals surface area (Å²) >= 11 is 0. The van der Waals surface area contributed by atoms with Gasteiger partial charge in [0.1, 0.15) is 5.76 Å². The second kappa shape index (κ2) is 6.86. The van der Waals surface area contributed by atoms with Crippen LogP contribution in [-0.2, 0) is 4.79 Å². The third kappa shape index (κ3) is 3.64. The molecule has 0 spiro atoms. The van der Waals surface area contributed by atoms with E-state index in [0.717, 1.165) is 5.56 Å². The van der Waals surface area contributed by atoms with Gasteiger partial charge in [0.25, 0.3) is 5.91 Å². The van der Waals surface area contributed by atoms with E-state index >= 15 is 0 Å². The van der Waals surface area contributed by atoms with E-state index in [1.165, 1.54) is 0 Å². The number of hydrogen-bond donors (Lipinski definition) is 1. The van der Waals surface area contributed by atoms with Gasteiger partial charge in [0.2, 0.25) is 5.91 Å². The monoisotopic (exact) mass is 327 g/mol. The minimum Gasteiger partial charge on any atom is -0.360 e. The molecule has 126 valence electrons. The summed E-state index contributed by atoms with van der Waals surface area (Å²) in [6, 6.07) is 9.28. The summed E-state index contributed by atoms with van der Waals surface area (Å²) in [6.45, 7) is 4.92. The van der Waals surface area contributed by atoms with Gasteiger partial charge >= 0.3 is 0 Å². The van der Waals surface area contributed by atoms with Gasteiger partial charge < -0.3 is 14.7 Å². The number of likely N-dealkylation sites (tertiary alicyclic amines) is 1. The Morgan fingerprint density at radius 1 is 1.21 bits per heavy atom. The number of nitrogens with one attached hydrogen (secondary N) is 1. The van der Waals surface area contributed by atoms with Crippen molar-refractivity contribution >= 4 is 17.6 Å². The van der Waals surface area contributed by atoms with Crippen molar-refractivity contribution in [1.29, 1.82) is 0 Å². The topological polar surface area (TPSA) is 75.4 Å². The summed E-state index contributed by atoms with van der Waals surface area (Å²) in [5.74, 6) is 0.957. The fraction of sp³-hybridized carbons (Fsp3) is 0.389. The molecule has 2 aromatic rings. The number of hydrogen-bond acceptors (Lipinski definition) is 4. The van der Waals surface area contributed by atoms with Gasteiger partial charge in [-0.2, -0.15) is 0 Å². The van der Waals surface area contributed by atoms with E-state index in [4.69, 9.17) is 4.52 Å². The summed E-state index contributed by atoms with van der Waals surface area (Å²) in [6.07, 6.45) is 1.31. The zero-order valence-electron chi connectivity index (χ0n) is 13.9. The number of nitrogens with zero attached hydrogens (tertiary/aromatic N) is 2. The van der Waals surface area contributed by atoms with Crippen molar-refractivity contribution in [3.63, 3.8) is 0 Å². The number of rotatable bonds is 3. The summed E-state index contributed by atoms with van der Waals surface area (Å²) in [4.78, 5) is 26.6. The maximum absolute atomic E-state index is 12.5. The Balaban J connectivity index is 1.55. The van der Waals surface area contributed by atoms with Crippen molar-refractivity contribution in [1.82, 2.24) is 10.1 Å². The van der Waals surface area contributed by atoms with E-state index < -0.39 is 0 Å². The van der Waals surface area contributed by atoms with Gasteiger partial charge in [-0.05, 0) is 38.8 Å². The van der Waals surface area contributed by atoms with Crippen LogP contribution in [0.3, 0.4) is 0 Å². The first-order chi connectivity index (χ1) is 11.5. The lowest BCUT2D eigenvalue weighted by Gasteiger charge is -2.31. The molecule has 6 heteroatoms. The molecule has 1 aliphatic heterocycles. The van der Waals surface area contributed by atoms with E-state index in [1.54, 1.807) is 13.0 Å². The van der Waals surface area contributed by atoms with Gasteiger partial charge in [-0.15, -0.1) is 0 Å². The highest BCUT2D eigenvalue weighted by Crippen LogP contribution is 2.21. The van der Waals surface area contributed by atoms with Crippen LogP contribution in [0.5, 0.6) is 0 Å². The maximum Gasteiger partial charge on any atom is 0.253 e. The first-order valence-corrected chi connectivity index (χ1v) is 8.13. The van der Waals surface area contributed by atoms with Crippen molar-refractivity contribution in [2.75, 3.05) is 18.4 Å². The molecule has 1 saturated heterocycles. The summed E-state index contributed by atoms with van der Waals surface area (Å²) in [5.41, 5.74) is 1.77. The van der Waals surface area contributed by atoms with Crippen LogP contribution in [0.25, 0.3) is 0 Å². The molecule has 24 heavy (non-hydrogen) atoms. The van der Waals surface area contributed by atoms with Crippen LogP contribution >= 0.6 is 0 Å². The number of benzene rings is 1. The second-order valence-electron chi connectivity index (χ2n) is 6.25. The number of carbonyl (C=O) groups is 2. The van der Waals surface area contributed by atoms with Crippen molar-refractivity contribution in [2.45, 2.75) is 26.7 Å². The quantitative estimate of drug-likeness (QED) is 0.940. The Morgan fingerprint density at radius 3 is 2.58 bits per heavy atom. The van der Waals surface area contributed by atoms with Crippen LogP contribution in [0.2, 0.25) is 0 Å². The zero-order chi connectivity index (χ0) is 17.1. The van der Waals surface area contributed by atoms with Gasteiger partial charge in [0.05, 0.1) is 0 Å². The lowest BCUT2D eigenvalue weighted by atomic mass is 9.95. The number of amides is 2. The van der Waals surface area contributed by atoms with E-state index in [-0.39, 0.29) is 17.7 Å². The van der Waals surface area contributed by atoms with E-state index in [0.29, 0.717) is 43.1 Å². The first-order valence-electron chi connectivity index (χ1n) is 8.13. The van der Waals surface area contributed by atoms with E-state index in [2.05, 4.69) is 10.5 Å². The summed E-state index contributed by atoms with van der Waals surface area (Å²) in [5, 5.41) is 6.54. The van der Waals surface area contributed by atoms with Crippen LogP contribution in [0, 0.1) is 19.8 Å². The van der Waals surface area contributed by atoms with E-state index in [1.807, 2.05) is 36.1 Å². The van der Waals surface area contributed by atoms with Crippen molar-refractivity contribution < 1.29 is 14.1 Å². The number of anilines is 1. The minimum atomic E-state index is -0.108. The predicted molar refractivity (Wildman–Crippen MR) is 89.7 cm³/mol. The van der Waals surface area contributed by atoms with Crippen LogP contribution in [0.1, 0.15) is 34.5 Å². The SMILES string of the molecule is Cc1cccc(C(=O)N2CCC(C(=O)Nc3cc(C)on3)CC2)c1. The lowest BCUT2D eigenvalue weighted by molar-refractivity contribution is -0.121. The number of aryl methyl sites for hydroxylation is 2. The average molecular weight is 327 g/mol. The van der Waals surface area contributed by atoms with Gasteiger partial charge in [-0.3, -0.25) is 9.59 Å². The standard InChI is InChI=1S/C18H21N3O3/c1-12-4-3-5-15(10-12)18(23)21-8-6-14(7-9-21)17(22)19-16-11-13(2)24-20-16/h3-5,10-11,14H,6-9H2,1-2H3,(H,19,20,22). The number of aromatic nitrogens is 1. The van der Waals surface area contributed by atoms with Crippen LogP contribution in [0.15, 0.2) is 34.9 Å². The number of carbonyl (C=O) groups excluding carboxylic acids is 2. The van der Waals surface area contributed by atoms with Crippen molar-refractivity contribution in [3.05, 3.63) is 47.2 Å². The second-order valence-corrected chi connectivity index (χ2v) is 6.25. The molecule has 1 N–H and O–H groups in total. The highest BCUT2D eigenvalue weighted by Gasteiger charge is 2.28. The first kappa shape index (κ1) is 16.2. The summed E-state index contributed by atoms with van der Waals surface area (Å²) in [7, 11) is 0. The van der Waals surface area contributed by atoms with Gasteiger partial charge in [-0.1, -0.05) is 22.9 Å².